The van der Waals surface area contributed by atoms with Crippen molar-refractivity contribution in [3.8, 4) is 0 Å². The first-order valence-electron chi connectivity index (χ1n) is 13.9. The number of aliphatic hydroxyl groups excluding tert-OH is 1. The number of nitrogens with zero attached hydrogens (tertiary/aromatic N) is 4. The van der Waals surface area contributed by atoms with Crippen LogP contribution in [0.3, 0.4) is 0 Å². The molecule has 11 nitrogen and oxygen atoms in total. The van der Waals surface area contributed by atoms with Crippen molar-refractivity contribution in [3.05, 3.63) is 60.2 Å². The minimum Gasteiger partial charge on any atom is -0.394 e. The monoisotopic (exact) mass is 546 g/mol. The van der Waals surface area contributed by atoms with Gasteiger partial charge in [-0.25, -0.2) is 4.68 Å². The normalized spacial score (nSPS) is 29.5. The molecule has 3 N–H and O–H groups in total. The minimum atomic E-state index is -1.17. The summed E-state index contributed by atoms with van der Waals surface area (Å²) in [6, 6.07) is 15.4. The third-order valence-electron chi connectivity index (χ3n) is 9.02. The van der Waals surface area contributed by atoms with E-state index in [0.29, 0.717) is 31.3 Å². The Kier molecular flexibility index (Phi) is 6.58. The SMILES string of the molecule is CC[C@]12CCC3(O1)C(C(=O)NCn1nnc4ccccc41)N([C@H](C)CO)C(=O)[C@@H]3[C@H]2C(=O)NCc1ccccc1. The topological polar surface area (TPSA) is 139 Å². The lowest BCUT2D eigenvalue weighted by Crippen LogP contribution is -2.57. The number of para-hydroxylation sites is 1. The molecular formula is C29H34N6O5. The molecule has 4 heterocycles. The molecule has 3 aliphatic rings. The van der Waals surface area contributed by atoms with Crippen LogP contribution in [-0.4, -0.2) is 72.6 Å². The van der Waals surface area contributed by atoms with E-state index in [1.165, 1.54) is 4.90 Å². The van der Waals surface area contributed by atoms with Gasteiger partial charge in [-0.1, -0.05) is 54.6 Å². The van der Waals surface area contributed by atoms with Gasteiger partial charge < -0.3 is 25.4 Å². The van der Waals surface area contributed by atoms with Gasteiger partial charge in [0.1, 0.15) is 23.8 Å². The highest BCUT2D eigenvalue weighted by Gasteiger charge is 2.78. The number of carbonyl (C=O) groups excluding carboxylic acids is 3. The quantitative estimate of drug-likeness (QED) is 0.368. The van der Waals surface area contributed by atoms with E-state index in [2.05, 4.69) is 20.9 Å². The number of fused-ring (bicyclic) bond motifs is 2. The van der Waals surface area contributed by atoms with Gasteiger partial charge in [0, 0.05) is 6.54 Å². The molecule has 1 spiro atoms. The van der Waals surface area contributed by atoms with E-state index in [0.717, 1.165) is 11.1 Å². The molecule has 2 unspecified atom stereocenters. The second-order valence-electron chi connectivity index (χ2n) is 11.1. The number of aliphatic hydroxyl groups is 1. The molecule has 0 aliphatic carbocycles. The summed E-state index contributed by atoms with van der Waals surface area (Å²) in [6.45, 7) is 3.71. The number of benzene rings is 2. The molecule has 2 aromatic carbocycles. The molecule has 3 amide bonds. The number of ether oxygens (including phenoxy) is 1. The number of rotatable bonds is 9. The zero-order valence-corrected chi connectivity index (χ0v) is 22.6. The first-order valence-corrected chi connectivity index (χ1v) is 13.9. The summed E-state index contributed by atoms with van der Waals surface area (Å²) < 4.78 is 8.32. The summed E-state index contributed by atoms with van der Waals surface area (Å²) in [6.07, 6.45) is 1.57. The van der Waals surface area contributed by atoms with Crippen LogP contribution in [0, 0.1) is 11.8 Å². The van der Waals surface area contributed by atoms with E-state index in [1.807, 2.05) is 61.5 Å². The van der Waals surface area contributed by atoms with Crippen molar-refractivity contribution in [1.82, 2.24) is 30.5 Å². The second-order valence-corrected chi connectivity index (χ2v) is 11.1. The Morgan fingerprint density at radius 2 is 1.85 bits per heavy atom. The molecule has 2 bridgehead atoms. The van der Waals surface area contributed by atoms with Crippen LogP contribution >= 0.6 is 0 Å². The third-order valence-corrected chi connectivity index (χ3v) is 9.02. The highest BCUT2D eigenvalue weighted by atomic mass is 16.5. The summed E-state index contributed by atoms with van der Waals surface area (Å²) in [5, 5.41) is 24.3. The van der Waals surface area contributed by atoms with Gasteiger partial charge in [-0.05, 0) is 43.9 Å². The zero-order valence-electron chi connectivity index (χ0n) is 22.6. The van der Waals surface area contributed by atoms with E-state index in [4.69, 9.17) is 4.74 Å². The standard InChI is InChI=1S/C29H34N6O5/c1-3-28-13-14-29(40-28)23(22(28)25(37)30-15-19-9-5-4-6-10-19)27(39)35(18(2)16-36)24(29)26(38)31-17-34-21-12-8-7-11-20(21)32-33-34/h4-12,18,22-24,36H,3,13-17H2,1-2H3,(H,30,37)(H,31,38)/t18-,22+,23+,24?,28-,29?/m1/s1. The minimum absolute atomic E-state index is 0.0477. The lowest BCUT2D eigenvalue weighted by atomic mass is 9.65. The first kappa shape index (κ1) is 26.4. The van der Waals surface area contributed by atoms with E-state index in [9.17, 15) is 19.5 Å². The molecule has 1 aromatic heterocycles. The molecule has 6 rings (SSSR count). The van der Waals surface area contributed by atoms with Crippen LogP contribution < -0.4 is 10.6 Å². The van der Waals surface area contributed by atoms with Crippen molar-refractivity contribution >= 4 is 28.8 Å². The van der Waals surface area contributed by atoms with Crippen LogP contribution in [0.2, 0.25) is 0 Å². The molecule has 6 atom stereocenters. The van der Waals surface area contributed by atoms with E-state index in [-0.39, 0.29) is 25.1 Å². The molecule has 40 heavy (non-hydrogen) atoms. The van der Waals surface area contributed by atoms with E-state index in [1.54, 1.807) is 11.6 Å². The smallest absolute Gasteiger partial charge is 0.247 e. The van der Waals surface area contributed by atoms with Crippen LogP contribution in [0.15, 0.2) is 54.6 Å². The van der Waals surface area contributed by atoms with Crippen molar-refractivity contribution in [2.45, 2.75) is 69.6 Å². The first-order chi connectivity index (χ1) is 19.3. The number of likely N-dealkylation sites (tertiary alicyclic amines) is 1. The number of carbonyl (C=O) groups is 3. The van der Waals surface area contributed by atoms with Gasteiger partial charge in [-0.15, -0.1) is 5.10 Å². The summed E-state index contributed by atoms with van der Waals surface area (Å²) >= 11 is 0. The summed E-state index contributed by atoms with van der Waals surface area (Å²) in [4.78, 5) is 43.2. The molecule has 3 aromatic rings. The summed E-state index contributed by atoms with van der Waals surface area (Å²) in [7, 11) is 0. The number of aromatic nitrogens is 3. The van der Waals surface area contributed by atoms with Crippen molar-refractivity contribution in [1.29, 1.82) is 0 Å². The van der Waals surface area contributed by atoms with Crippen LogP contribution in [0.1, 0.15) is 38.7 Å². The Morgan fingerprint density at radius 1 is 1.10 bits per heavy atom. The number of hydrogen-bond acceptors (Lipinski definition) is 7. The Bertz CT molecular complexity index is 1440. The van der Waals surface area contributed by atoms with Crippen LogP contribution in [0.5, 0.6) is 0 Å². The molecule has 3 fully saturated rings. The number of nitrogens with one attached hydrogen (secondary N) is 2. The fraction of sp³-hybridized carbons (Fsp3) is 0.483. The molecule has 3 aliphatic heterocycles. The molecule has 0 radical (unpaired) electrons. The van der Waals surface area contributed by atoms with Gasteiger partial charge >= 0.3 is 0 Å². The Hall–Kier alpha value is -3.83. The van der Waals surface area contributed by atoms with Gasteiger partial charge in [-0.2, -0.15) is 0 Å². The largest absolute Gasteiger partial charge is 0.394 e. The highest BCUT2D eigenvalue weighted by Crippen LogP contribution is 2.64. The van der Waals surface area contributed by atoms with Crippen LogP contribution in [0.25, 0.3) is 11.0 Å². The number of hydrogen-bond donors (Lipinski definition) is 3. The predicted octanol–water partition coefficient (Wildman–Crippen LogP) is 1.36. The average molecular weight is 547 g/mol. The van der Waals surface area contributed by atoms with Crippen LogP contribution in [0.4, 0.5) is 0 Å². The number of amides is 3. The second kappa shape index (κ2) is 9.97. The van der Waals surface area contributed by atoms with Crippen molar-refractivity contribution in [2.75, 3.05) is 6.61 Å². The van der Waals surface area contributed by atoms with Crippen LogP contribution in [-0.2, 0) is 32.3 Å². The maximum atomic E-state index is 14.1. The zero-order chi connectivity index (χ0) is 28.1. The average Bonchev–Trinajstić information content (AvgIpc) is 3.71. The third kappa shape index (κ3) is 3.90. The van der Waals surface area contributed by atoms with E-state index >= 15 is 0 Å². The summed E-state index contributed by atoms with van der Waals surface area (Å²) in [5.41, 5.74) is 0.413. The highest BCUT2D eigenvalue weighted by molar-refractivity contribution is 5.99. The van der Waals surface area contributed by atoms with Gasteiger partial charge in [0.2, 0.25) is 17.7 Å². The molecular weight excluding hydrogens is 512 g/mol. The molecule has 0 saturated carbocycles. The maximum Gasteiger partial charge on any atom is 0.247 e. The Balaban J connectivity index is 1.30. The molecule has 3 saturated heterocycles. The lowest BCUT2D eigenvalue weighted by Gasteiger charge is -2.36. The van der Waals surface area contributed by atoms with Crippen molar-refractivity contribution in [2.24, 2.45) is 11.8 Å². The van der Waals surface area contributed by atoms with Crippen molar-refractivity contribution in [3.63, 3.8) is 0 Å². The Labute approximate surface area is 231 Å². The van der Waals surface area contributed by atoms with Gasteiger partial charge in [0.05, 0.1) is 35.6 Å². The lowest BCUT2D eigenvalue weighted by molar-refractivity contribution is -0.150. The fourth-order valence-electron chi connectivity index (χ4n) is 7.09. The molecule has 210 valence electrons. The van der Waals surface area contributed by atoms with Crippen molar-refractivity contribution < 1.29 is 24.2 Å². The van der Waals surface area contributed by atoms with E-state index < -0.39 is 41.0 Å². The van der Waals surface area contributed by atoms with Gasteiger partial charge in [-0.3, -0.25) is 14.4 Å². The predicted molar refractivity (Wildman–Crippen MR) is 144 cm³/mol. The molecule has 11 heteroatoms. The van der Waals surface area contributed by atoms with Gasteiger partial charge in [0.15, 0.2) is 0 Å². The summed E-state index contributed by atoms with van der Waals surface area (Å²) in [5.74, 6) is -2.56. The van der Waals surface area contributed by atoms with Gasteiger partial charge in [0.25, 0.3) is 0 Å². The Morgan fingerprint density at radius 3 is 2.60 bits per heavy atom. The maximum absolute atomic E-state index is 14.1. The fourth-order valence-corrected chi connectivity index (χ4v) is 7.09.